The number of carbonyl (C=O) groups is 1. The molecule has 23 heavy (non-hydrogen) atoms. The summed E-state index contributed by atoms with van der Waals surface area (Å²) < 4.78 is 6.55. The van der Waals surface area contributed by atoms with E-state index < -0.39 is 17.4 Å². The Labute approximate surface area is 145 Å². The average molecular weight is 389 g/mol. The molecule has 1 amide bonds. The summed E-state index contributed by atoms with van der Waals surface area (Å²) in [4.78, 5) is 11.7. The van der Waals surface area contributed by atoms with Crippen molar-refractivity contribution in [2.75, 3.05) is 32.8 Å². The average Bonchev–Trinajstić information content (AvgIpc) is 2.54. The summed E-state index contributed by atoms with van der Waals surface area (Å²) in [5, 5.41) is 24.7. The van der Waals surface area contributed by atoms with E-state index >= 15 is 0 Å². The van der Waals surface area contributed by atoms with Gasteiger partial charge in [0.25, 0.3) is 0 Å². The molecule has 0 saturated heterocycles. The van der Waals surface area contributed by atoms with Gasteiger partial charge in [-0.3, -0.25) is 4.79 Å². The largest absolute Gasteiger partial charge is 0.492 e. The molecule has 1 aromatic carbocycles. The van der Waals surface area contributed by atoms with Crippen LogP contribution in [0.4, 0.5) is 0 Å². The third-order valence-electron chi connectivity index (χ3n) is 3.36. The van der Waals surface area contributed by atoms with Gasteiger partial charge < -0.3 is 25.6 Å². The number of hydrogen-bond acceptors (Lipinski definition) is 5. The molecule has 1 unspecified atom stereocenters. The second-order valence-corrected chi connectivity index (χ2v) is 6.81. The van der Waals surface area contributed by atoms with Gasteiger partial charge in [-0.1, -0.05) is 29.8 Å². The molecule has 0 aromatic heterocycles. The van der Waals surface area contributed by atoms with Gasteiger partial charge in [0.05, 0.1) is 6.61 Å². The summed E-state index contributed by atoms with van der Waals surface area (Å²) in [7, 11) is 0. The fourth-order valence-corrected chi connectivity index (χ4v) is 1.97. The van der Waals surface area contributed by atoms with Crippen LogP contribution in [-0.2, 0) is 4.79 Å². The Balaban J connectivity index is 2.09. The second-order valence-electron chi connectivity index (χ2n) is 5.89. The van der Waals surface area contributed by atoms with Gasteiger partial charge in [-0.2, -0.15) is 0 Å². The Kier molecular flexibility index (Phi) is 8.54. The van der Waals surface area contributed by atoms with Crippen LogP contribution in [0.3, 0.4) is 0 Å². The number of benzene rings is 1. The highest BCUT2D eigenvalue weighted by atomic mass is 79.9. The molecular formula is C16H25BrN2O4. The highest BCUT2D eigenvalue weighted by Crippen LogP contribution is 2.19. The van der Waals surface area contributed by atoms with E-state index in [0.29, 0.717) is 26.2 Å². The van der Waals surface area contributed by atoms with Crippen molar-refractivity contribution in [3.05, 3.63) is 28.7 Å². The van der Waals surface area contributed by atoms with Crippen molar-refractivity contribution in [3.8, 4) is 5.75 Å². The van der Waals surface area contributed by atoms with Gasteiger partial charge in [-0.15, -0.1) is 0 Å². The van der Waals surface area contributed by atoms with Gasteiger partial charge in [-0.25, -0.2) is 0 Å². The van der Waals surface area contributed by atoms with Gasteiger partial charge in [0.15, 0.2) is 0 Å². The van der Waals surface area contributed by atoms with E-state index in [4.69, 9.17) is 9.84 Å². The third kappa shape index (κ3) is 7.30. The molecule has 0 bridgehead atoms. The number of rotatable bonds is 10. The Bertz CT molecular complexity index is 479. The van der Waals surface area contributed by atoms with E-state index in [1.807, 2.05) is 24.3 Å². The minimum atomic E-state index is -1.23. The predicted octanol–water partition coefficient (Wildman–Crippen LogP) is 0.913. The molecule has 0 aliphatic rings. The number of amides is 1. The number of hydrogen-bond donors (Lipinski definition) is 4. The number of ether oxygens (including phenoxy) is 1. The number of carbonyl (C=O) groups excluding carboxylic acids is 1. The maximum Gasteiger partial charge on any atom is 0.249 e. The van der Waals surface area contributed by atoms with Crippen molar-refractivity contribution in [2.24, 2.45) is 5.41 Å². The van der Waals surface area contributed by atoms with E-state index in [0.717, 1.165) is 10.2 Å². The maximum absolute atomic E-state index is 11.7. The summed E-state index contributed by atoms with van der Waals surface area (Å²) in [5.41, 5.74) is -0.851. The quantitative estimate of drug-likeness (QED) is 0.447. The predicted molar refractivity (Wildman–Crippen MR) is 92.4 cm³/mol. The first kappa shape index (κ1) is 19.9. The minimum absolute atomic E-state index is 0.257. The van der Waals surface area contributed by atoms with Crippen molar-refractivity contribution in [3.63, 3.8) is 0 Å². The minimum Gasteiger partial charge on any atom is -0.492 e. The number of aliphatic hydroxyl groups is 2. The Morgan fingerprint density at radius 1 is 1.26 bits per heavy atom. The molecule has 0 fully saturated rings. The molecule has 7 heteroatoms. The molecule has 6 nitrogen and oxygen atoms in total. The normalized spacial score (nSPS) is 12.7. The smallest absolute Gasteiger partial charge is 0.249 e. The first-order valence-corrected chi connectivity index (χ1v) is 8.32. The lowest BCUT2D eigenvalue weighted by Crippen LogP contribution is -2.47. The third-order valence-corrected chi connectivity index (χ3v) is 3.89. The van der Waals surface area contributed by atoms with Crippen LogP contribution in [0.15, 0.2) is 28.7 Å². The second kappa shape index (κ2) is 9.87. The van der Waals surface area contributed by atoms with E-state index in [1.165, 1.54) is 0 Å². The summed E-state index contributed by atoms with van der Waals surface area (Å²) in [6, 6.07) is 7.60. The highest BCUT2D eigenvalue weighted by molar-refractivity contribution is 9.10. The fourth-order valence-electron chi connectivity index (χ4n) is 1.71. The van der Waals surface area contributed by atoms with E-state index in [-0.39, 0.29) is 6.61 Å². The zero-order valence-corrected chi connectivity index (χ0v) is 15.1. The fraction of sp³-hybridized carbons (Fsp3) is 0.562. The summed E-state index contributed by atoms with van der Waals surface area (Å²) >= 11 is 3.36. The Morgan fingerprint density at radius 2 is 1.91 bits per heavy atom. The monoisotopic (exact) mass is 388 g/mol. The van der Waals surface area contributed by atoms with Crippen LogP contribution < -0.4 is 15.4 Å². The van der Waals surface area contributed by atoms with Crippen molar-refractivity contribution in [1.82, 2.24) is 10.6 Å². The number of nitrogens with one attached hydrogen (secondary N) is 2. The van der Waals surface area contributed by atoms with Gasteiger partial charge in [0.1, 0.15) is 18.5 Å². The SMILES string of the molecule is CC(C)(CO)C(O)C(=O)NCCNCCOc1ccc(Br)cc1. The van der Waals surface area contributed by atoms with Crippen LogP contribution in [0.5, 0.6) is 5.75 Å². The molecule has 1 atom stereocenters. The summed E-state index contributed by atoms with van der Waals surface area (Å²) in [6.07, 6.45) is -1.23. The summed E-state index contributed by atoms with van der Waals surface area (Å²) in [6.45, 7) is 5.15. The first-order chi connectivity index (χ1) is 10.9. The van der Waals surface area contributed by atoms with Crippen LogP contribution in [-0.4, -0.2) is 55.1 Å². The molecule has 0 aliphatic heterocycles. The zero-order chi connectivity index (χ0) is 17.3. The number of halogens is 1. The molecule has 0 aliphatic carbocycles. The lowest BCUT2D eigenvalue weighted by molar-refractivity contribution is -0.137. The summed E-state index contributed by atoms with van der Waals surface area (Å²) in [5.74, 6) is 0.328. The van der Waals surface area contributed by atoms with E-state index in [1.54, 1.807) is 13.8 Å². The maximum atomic E-state index is 11.7. The molecule has 0 heterocycles. The molecular weight excluding hydrogens is 364 g/mol. The van der Waals surface area contributed by atoms with Crippen molar-refractivity contribution >= 4 is 21.8 Å². The van der Waals surface area contributed by atoms with Crippen LogP contribution in [0.1, 0.15) is 13.8 Å². The van der Waals surface area contributed by atoms with E-state index in [2.05, 4.69) is 26.6 Å². The van der Waals surface area contributed by atoms with Gasteiger partial charge in [0.2, 0.25) is 5.91 Å². The van der Waals surface area contributed by atoms with Crippen LogP contribution in [0.25, 0.3) is 0 Å². The van der Waals surface area contributed by atoms with E-state index in [9.17, 15) is 9.90 Å². The van der Waals surface area contributed by atoms with Gasteiger partial charge >= 0.3 is 0 Å². The van der Waals surface area contributed by atoms with Crippen LogP contribution in [0, 0.1) is 5.41 Å². The molecule has 0 saturated carbocycles. The zero-order valence-electron chi connectivity index (χ0n) is 13.5. The molecule has 0 spiro atoms. The lowest BCUT2D eigenvalue weighted by atomic mass is 9.87. The highest BCUT2D eigenvalue weighted by Gasteiger charge is 2.32. The molecule has 1 aromatic rings. The lowest BCUT2D eigenvalue weighted by Gasteiger charge is -2.27. The number of aliphatic hydroxyl groups excluding tert-OH is 2. The van der Waals surface area contributed by atoms with Crippen molar-refractivity contribution in [2.45, 2.75) is 20.0 Å². The Morgan fingerprint density at radius 3 is 2.52 bits per heavy atom. The molecule has 0 radical (unpaired) electrons. The Hall–Kier alpha value is -1.15. The molecule has 130 valence electrons. The van der Waals surface area contributed by atoms with Gasteiger partial charge in [-0.05, 0) is 24.3 Å². The van der Waals surface area contributed by atoms with Crippen LogP contribution >= 0.6 is 15.9 Å². The molecule has 1 rings (SSSR count). The van der Waals surface area contributed by atoms with Crippen molar-refractivity contribution < 1.29 is 19.7 Å². The van der Waals surface area contributed by atoms with Gasteiger partial charge in [0, 0.05) is 29.5 Å². The standard InChI is InChI=1S/C16H25BrN2O4/c1-16(2,11-20)14(21)15(22)19-8-7-18-9-10-23-13-5-3-12(17)4-6-13/h3-6,14,18,20-21H,7-11H2,1-2H3,(H,19,22). The van der Waals surface area contributed by atoms with Crippen molar-refractivity contribution in [1.29, 1.82) is 0 Å². The van der Waals surface area contributed by atoms with Crippen LogP contribution in [0.2, 0.25) is 0 Å². The first-order valence-electron chi connectivity index (χ1n) is 7.52. The topological polar surface area (TPSA) is 90.8 Å². The molecule has 4 N–H and O–H groups in total.